The van der Waals surface area contributed by atoms with Crippen LogP contribution in [0.25, 0.3) is 10.8 Å². The lowest BCUT2D eigenvalue weighted by atomic mass is 10.00. The van der Waals surface area contributed by atoms with Crippen LogP contribution in [0.1, 0.15) is 58.2 Å². The lowest BCUT2D eigenvalue weighted by molar-refractivity contribution is -0.161. The Morgan fingerprint density at radius 3 is 2.11 bits per heavy atom. The molecule has 3 N–H and O–H groups in total. The average molecular weight is 740 g/mol. The first-order chi connectivity index (χ1) is 25.8. The molecule has 54 heavy (non-hydrogen) atoms. The SMILES string of the molecule is CCOC(CN(Cc1cccc2ccccc12)C(=O)C(Cc1ccc(OC(C)(C)C)cc1)NCC(C)(C=O)N(C)NC(=O)NCc1ccccc1)OCC. The molecule has 0 aromatic heterocycles. The second-order valence-electron chi connectivity index (χ2n) is 14.5. The number of hydrogen-bond donors (Lipinski definition) is 3. The maximum Gasteiger partial charge on any atom is 0.329 e. The molecule has 0 saturated carbocycles. The first kappa shape index (κ1) is 41.9. The summed E-state index contributed by atoms with van der Waals surface area (Å²) in [7, 11) is 1.63. The Labute approximate surface area is 320 Å². The van der Waals surface area contributed by atoms with Crippen LogP contribution in [0.5, 0.6) is 5.75 Å². The van der Waals surface area contributed by atoms with Gasteiger partial charge in [0.1, 0.15) is 23.2 Å². The number of hydrazine groups is 1. The number of benzene rings is 4. The van der Waals surface area contributed by atoms with Crippen LogP contribution in [0.4, 0.5) is 4.79 Å². The average Bonchev–Trinajstić information content (AvgIpc) is 3.15. The number of amides is 3. The number of hydrogen-bond acceptors (Lipinski definition) is 8. The molecule has 0 spiro atoms. The van der Waals surface area contributed by atoms with Gasteiger partial charge in [-0.25, -0.2) is 9.80 Å². The van der Waals surface area contributed by atoms with Crippen molar-refractivity contribution in [1.29, 1.82) is 0 Å². The number of aldehydes is 1. The predicted molar refractivity (Wildman–Crippen MR) is 213 cm³/mol. The maximum atomic E-state index is 14.9. The van der Waals surface area contributed by atoms with Crippen molar-refractivity contribution >= 4 is 29.0 Å². The summed E-state index contributed by atoms with van der Waals surface area (Å²) in [5.41, 5.74) is 4.02. The van der Waals surface area contributed by atoms with Gasteiger partial charge in [0.15, 0.2) is 6.29 Å². The van der Waals surface area contributed by atoms with E-state index in [2.05, 4.69) is 34.3 Å². The van der Waals surface area contributed by atoms with E-state index in [1.54, 1.807) is 18.9 Å². The summed E-state index contributed by atoms with van der Waals surface area (Å²) < 4.78 is 17.9. The summed E-state index contributed by atoms with van der Waals surface area (Å²) in [5.74, 6) is 0.537. The number of likely N-dealkylation sites (N-methyl/N-ethyl adjacent to an activating group) is 1. The summed E-state index contributed by atoms with van der Waals surface area (Å²) in [6.07, 6.45) is 0.447. The van der Waals surface area contributed by atoms with Gasteiger partial charge in [-0.1, -0.05) is 84.9 Å². The standard InChI is InChI=1S/C43H57N5O6/c1-8-52-39(53-9-2)29-48(28-35-20-15-19-34-18-13-14-21-37(34)35)40(50)38(26-32-22-24-36(25-23-32)54-42(3,4)5)45-30-43(6,31-49)47(7)46-41(51)44-27-33-16-11-10-12-17-33/h10-25,31,38-39,45H,8-9,26-30H2,1-7H3,(H2,44,46,51). The quantitative estimate of drug-likeness (QED) is 0.0553. The molecule has 0 aliphatic rings. The number of ether oxygens (including phenoxy) is 3. The molecule has 11 heteroatoms. The Balaban J connectivity index is 1.62. The Hall–Kier alpha value is -4.81. The van der Waals surface area contributed by atoms with Crippen LogP contribution in [-0.4, -0.2) is 85.0 Å². The zero-order valence-corrected chi connectivity index (χ0v) is 32.8. The number of carbonyl (C=O) groups is 3. The van der Waals surface area contributed by atoms with Gasteiger partial charge < -0.3 is 34.5 Å². The molecule has 3 amide bonds. The minimum Gasteiger partial charge on any atom is -0.488 e. The van der Waals surface area contributed by atoms with Crippen molar-refractivity contribution in [3.63, 3.8) is 0 Å². The second kappa shape index (κ2) is 20.0. The molecule has 0 aliphatic heterocycles. The summed E-state index contributed by atoms with van der Waals surface area (Å²) in [4.78, 5) is 42.2. The van der Waals surface area contributed by atoms with Gasteiger partial charge in [0, 0.05) is 39.9 Å². The van der Waals surface area contributed by atoms with Crippen LogP contribution < -0.4 is 20.8 Å². The smallest absolute Gasteiger partial charge is 0.329 e. The fourth-order valence-electron chi connectivity index (χ4n) is 5.99. The molecular weight excluding hydrogens is 683 g/mol. The van der Waals surface area contributed by atoms with E-state index >= 15 is 0 Å². The Bertz CT molecular complexity index is 1770. The largest absolute Gasteiger partial charge is 0.488 e. The highest BCUT2D eigenvalue weighted by molar-refractivity contribution is 5.87. The van der Waals surface area contributed by atoms with Crippen LogP contribution in [0.15, 0.2) is 97.1 Å². The van der Waals surface area contributed by atoms with Crippen molar-refractivity contribution in [2.75, 3.05) is 33.4 Å². The zero-order chi connectivity index (χ0) is 39.1. The topological polar surface area (TPSA) is 121 Å². The Morgan fingerprint density at radius 1 is 0.815 bits per heavy atom. The first-order valence-corrected chi connectivity index (χ1v) is 18.6. The van der Waals surface area contributed by atoms with Crippen molar-refractivity contribution in [3.05, 3.63) is 114 Å². The normalized spacial score (nSPS) is 13.4. The lowest BCUT2D eigenvalue weighted by Gasteiger charge is -2.36. The molecule has 4 aromatic carbocycles. The predicted octanol–water partition coefficient (Wildman–Crippen LogP) is 6.25. The molecule has 0 bridgehead atoms. The summed E-state index contributed by atoms with van der Waals surface area (Å²) >= 11 is 0. The van der Waals surface area contributed by atoms with Crippen LogP contribution in [0, 0.1) is 0 Å². The molecular formula is C43H57N5O6. The summed E-state index contributed by atoms with van der Waals surface area (Å²) in [6.45, 7) is 13.2. The van der Waals surface area contributed by atoms with Crippen LogP contribution in [0.3, 0.4) is 0 Å². The van der Waals surface area contributed by atoms with Gasteiger partial charge in [-0.05, 0) is 87.6 Å². The number of nitrogens with zero attached hydrogens (tertiary/aromatic N) is 2. The van der Waals surface area contributed by atoms with E-state index in [1.165, 1.54) is 5.01 Å². The lowest BCUT2D eigenvalue weighted by Crippen LogP contribution is -2.62. The molecule has 4 aromatic rings. The maximum absolute atomic E-state index is 14.9. The first-order valence-electron chi connectivity index (χ1n) is 18.6. The third kappa shape index (κ3) is 12.7. The van der Waals surface area contributed by atoms with Crippen molar-refractivity contribution in [1.82, 2.24) is 26.0 Å². The monoisotopic (exact) mass is 739 g/mol. The molecule has 2 atom stereocenters. The molecule has 0 heterocycles. The van der Waals surface area contributed by atoms with Crippen molar-refractivity contribution in [2.45, 2.75) is 84.5 Å². The number of carbonyl (C=O) groups excluding carboxylic acids is 3. The van der Waals surface area contributed by atoms with Gasteiger partial charge in [0.05, 0.1) is 12.6 Å². The second-order valence-corrected chi connectivity index (χ2v) is 14.5. The Morgan fingerprint density at radius 2 is 1.46 bits per heavy atom. The van der Waals surface area contributed by atoms with Crippen molar-refractivity contribution < 1.29 is 28.6 Å². The molecule has 290 valence electrons. The van der Waals surface area contributed by atoms with Gasteiger partial charge in [0.2, 0.25) is 5.91 Å². The van der Waals surface area contributed by atoms with E-state index in [-0.39, 0.29) is 24.6 Å². The molecule has 0 saturated heterocycles. The molecule has 0 aliphatic carbocycles. The third-order valence-electron chi connectivity index (χ3n) is 9.00. The van der Waals surface area contributed by atoms with E-state index in [0.717, 1.165) is 39.5 Å². The molecule has 2 unspecified atom stereocenters. The number of rotatable bonds is 20. The van der Waals surface area contributed by atoms with Crippen LogP contribution in [0.2, 0.25) is 0 Å². The minimum absolute atomic E-state index is 0.0516. The minimum atomic E-state index is -1.22. The van der Waals surface area contributed by atoms with Gasteiger partial charge in [-0.3, -0.25) is 10.2 Å². The van der Waals surface area contributed by atoms with Gasteiger partial charge >= 0.3 is 6.03 Å². The highest BCUT2D eigenvalue weighted by Gasteiger charge is 2.34. The number of urea groups is 1. The molecule has 11 nitrogen and oxygen atoms in total. The van der Waals surface area contributed by atoms with Crippen molar-refractivity contribution in [2.24, 2.45) is 0 Å². The number of nitrogens with one attached hydrogen (secondary N) is 3. The fraction of sp³-hybridized carbons (Fsp3) is 0.419. The molecule has 0 radical (unpaired) electrons. The van der Waals surface area contributed by atoms with Gasteiger partial charge in [0.25, 0.3) is 0 Å². The van der Waals surface area contributed by atoms with E-state index in [9.17, 15) is 14.4 Å². The van der Waals surface area contributed by atoms with Gasteiger partial charge in [-0.2, -0.15) is 0 Å². The Kier molecular flexibility index (Phi) is 15.6. The highest BCUT2D eigenvalue weighted by atomic mass is 16.7. The van der Waals surface area contributed by atoms with E-state index in [1.807, 2.05) is 113 Å². The fourth-order valence-corrected chi connectivity index (χ4v) is 5.99. The molecule has 0 fully saturated rings. The van der Waals surface area contributed by atoms with Crippen molar-refractivity contribution in [3.8, 4) is 5.75 Å². The third-order valence-corrected chi connectivity index (χ3v) is 9.00. The zero-order valence-electron chi connectivity index (χ0n) is 32.8. The van der Waals surface area contributed by atoms with E-state index < -0.39 is 23.9 Å². The summed E-state index contributed by atoms with van der Waals surface area (Å²) in [6, 6.07) is 30.2. The van der Waals surface area contributed by atoms with Gasteiger partial charge in [-0.15, -0.1) is 0 Å². The molecule has 4 rings (SSSR count). The van der Waals surface area contributed by atoms with Crippen LogP contribution in [-0.2, 0) is 38.6 Å². The highest BCUT2D eigenvalue weighted by Crippen LogP contribution is 2.23. The van der Waals surface area contributed by atoms with E-state index in [0.29, 0.717) is 32.7 Å². The number of fused-ring (bicyclic) bond motifs is 1. The van der Waals surface area contributed by atoms with E-state index in [4.69, 9.17) is 14.2 Å². The van der Waals surface area contributed by atoms with Crippen LogP contribution >= 0.6 is 0 Å². The summed E-state index contributed by atoms with van der Waals surface area (Å²) in [5, 5.41) is 9.83.